The summed E-state index contributed by atoms with van der Waals surface area (Å²) < 4.78 is 0. The van der Waals surface area contributed by atoms with Gasteiger partial charge < -0.3 is 0 Å². The van der Waals surface area contributed by atoms with Gasteiger partial charge in [0.25, 0.3) is 11.8 Å². The number of nitrogens with zero attached hydrogens (tertiary/aromatic N) is 1. The summed E-state index contributed by atoms with van der Waals surface area (Å²) >= 11 is 0. The predicted molar refractivity (Wildman–Crippen MR) is 70.2 cm³/mol. The number of imide groups is 2. The third-order valence-electron chi connectivity index (χ3n) is 3.64. The number of rotatable bonds is 1. The molecule has 1 saturated heterocycles. The zero-order chi connectivity index (χ0) is 14.5. The molecule has 20 heavy (non-hydrogen) atoms. The van der Waals surface area contributed by atoms with Crippen LogP contribution in [0.15, 0.2) is 12.2 Å². The second kappa shape index (κ2) is 6.45. The molecule has 4 amide bonds. The summed E-state index contributed by atoms with van der Waals surface area (Å²) in [5.74, 6) is -0.552. The van der Waals surface area contributed by atoms with Crippen LogP contribution in [0.25, 0.3) is 0 Å². The molecule has 0 aromatic carbocycles. The first-order valence-electron chi connectivity index (χ1n) is 6.96. The van der Waals surface area contributed by atoms with Gasteiger partial charge in [-0.15, -0.1) is 0 Å². The number of hydrogen-bond donors (Lipinski definition) is 1. The molecule has 1 aliphatic carbocycles. The number of nitrogens with one attached hydrogen (secondary N) is 1. The summed E-state index contributed by atoms with van der Waals surface area (Å²) in [6, 6.07) is 0.170. The van der Waals surface area contributed by atoms with Gasteiger partial charge in [0.2, 0.25) is 11.8 Å². The lowest BCUT2D eigenvalue weighted by molar-refractivity contribution is -0.140. The van der Waals surface area contributed by atoms with Gasteiger partial charge in [-0.3, -0.25) is 29.4 Å². The van der Waals surface area contributed by atoms with E-state index < -0.39 is 0 Å². The molecule has 6 nitrogen and oxygen atoms in total. The Balaban J connectivity index is 0.000000178. The van der Waals surface area contributed by atoms with Crippen molar-refractivity contribution in [2.24, 2.45) is 0 Å². The molecular weight excluding hydrogens is 260 g/mol. The second-order valence-electron chi connectivity index (χ2n) is 5.14. The summed E-state index contributed by atoms with van der Waals surface area (Å²) in [5.41, 5.74) is 0. The minimum absolute atomic E-state index is 0.128. The molecule has 0 radical (unpaired) electrons. The quantitative estimate of drug-likeness (QED) is 0.714. The van der Waals surface area contributed by atoms with Crippen molar-refractivity contribution in [3.8, 4) is 0 Å². The molecule has 1 N–H and O–H groups in total. The molecule has 0 unspecified atom stereocenters. The van der Waals surface area contributed by atoms with E-state index in [0.717, 1.165) is 25.7 Å². The van der Waals surface area contributed by atoms with Crippen molar-refractivity contribution >= 4 is 23.6 Å². The van der Waals surface area contributed by atoms with Gasteiger partial charge in [-0.05, 0) is 12.8 Å². The van der Waals surface area contributed by atoms with E-state index in [1.54, 1.807) is 0 Å². The van der Waals surface area contributed by atoms with E-state index >= 15 is 0 Å². The maximum absolute atomic E-state index is 11.3. The summed E-state index contributed by atoms with van der Waals surface area (Å²) in [5, 5.41) is 2.14. The van der Waals surface area contributed by atoms with Gasteiger partial charge >= 0.3 is 0 Å². The van der Waals surface area contributed by atoms with E-state index in [-0.39, 0.29) is 29.7 Å². The van der Waals surface area contributed by atoms with Crippen molar-refractivity contribution in [1.82, 2.24) is 10.2 Å². The zero-order valence-electron chi connectivity index (χ0n) is 11.3. The topological polar surface area (TPSA) is 83.6 Å². The van der Waals surface area contributed by atoms with Crippen molar-refractivity contribution in [3.63, 3.8) is 0 Å². The van der Waals surface area contributed by atoms with E-state index in [9.17, 15) is 19.2 Å². The van der Waals surface area contributed by atoms with Crippen molar-refractivity contribution in [3.05, 3.63) is 12.2 Å². The predicted octanol–water partition coefficient (Wildman–Crippen LogP) is 0.667. The molecule has 0 aromatic heterocycles. The van der Waals surface area contributed by atoms with E-state index in [1.807, 2.05) is 0 Å². The van der Waals surface area contributed by atoms with E-state index in [0.29, 0.717) is 12.8 Å². The molecule has 1 saturated carbocycles. The molecule has 0 aromatic rings. The van der Waals surface area contributed by atoms with Crippen LogP contribution in [0, 0.1) is 0 Å². The SMILES string of the molecule is O=C1C=CC(=O)N1C1CCCCC1.O=C1CCC(=O)N1. The molecule has 2 fully saturated rings. The lowest BCUT2D eigenvalue weighted by atomic mass is 9.94. The molecule has 6 heteroatoms. The van der Waals surface area contributed by atoms with Crippen LogP contribution >= 0.6 is 0 Å². The first-order chi connectivity index (χ1) is 9.58. The summed E-state index contributed by atoms with van der Waals surface area (Å²) in [6.45, 7) is 0. The fourth-order valence-corrected chi connectivity index (χ4v) is 2.62. The van der Waals surface area contributed by atoms with Crippen molar-refractivity contribution in [2.45, 2.75) is 51.0 Å². The van der Waals surface area contributed by atoms with Crippen molar-refractivity contribution in [1.29, 1.82) is 0 Å². The Morgan fingerprint density at radius 2 is 1.35 bits per heavy atom. The fraction of sp³-hybridized carbons (Fsp3) is 0.571. The van der Waals surface area contributed by atoms with Crippen LogP contribution in [-0.2, 0) is 19.2 Å². The molecule has 0 bridgehead atoms. The van der Waals surface area contributed by atoms with Crippen molar-refractivity contribution in [2.75, 3.05) is 0 Å². The highest BCUT2D eigenvalue weighted by Gasteiger charge is 2.31. The molecule has 108 valence electrons. The van der Waals surface area contributed by atoms with Gasteiger partial charge in [0.05, 0.1) is 0 Å². The number of hydrogen-bond acceptors (Lipinski definition) is 4. The number of carbonyl (C=O) groups is 4. The third kappa shape index (κ3) is 3.53. The summed E-state index contributed by atoms with van der Waals surface area (Å²) in [6.07, 6.45) is 8.98. The minimum Gasteiger partial charge on any atom is -0.296 e. The van der Waals surface area contributed by atoms with Gasteiger partial charge in [0.15, 0.2) is 0 Å². The lowest BCUT2D eigenvalue weighted by Gasteiger charge is -2.29. The van der Waals surface area contributed by atoms with Crippen LogP contribution in [0.1, 0.15) is 44.9 Å². The van der Waals surface area contributed by atoms with E-state index in [2.05, 4.69) is 5.32 Å². The monoisotopic (exact) mass is 278 g/mol. The average molecular weight is 278 g/mol. The number of carbonyl (C=O) groups excluding carboxylic acids is 4. The van der Waals surface area contributed by atoms with Crippen LogP contribution in [0.4, 0.5) is 0 Å². The first-order valence-corrected chi connectivity index (χ1v) is 6.96. The molecule has 2 heterocycles. The number of amides is 4. The molecule has 0 atom stereocenters. The van der Waals surface area contributed by atoms with Crippen LogP contribution in [0.5, 0.6) is 0 Å². The Morgan fingerprint density at radius 1 is 0.850 bits per heavy atom. The first kappa shape index (κ1) is 14.4. The highest BCUT2D eigenvalue weighted by molar-refractivity contribution is 6.13. The summed E-state index contributed by atoms with van der Waals surface area (Å²) in [7, 11) is 0. The highest BCUT2D eigenvalue weighted by atomic mass is 16.2. The van der Waals surface area contributed by atoms with Gasteiger partial charge in [-0.25, -0.2) is 0 Å². The Labute approximate surface area is 117 Å². The lowest BCUT2D eigenvalue weighted by Crippen LogP contribution is -2.41. The van der Waals surface area contributed by atoms with Crippen LogP contribution < -0.4 is 5.32 Å². The third-order valence-corrected chi connectivity index (χ3v) is 3.64. The Morgan fingerprint density at radius 3 is 1.75 bits per heavy atom. The average Bonchev–Trinajstić information content (AvgIpc) is 2.97. The molecule has 2 aliphatic heterocycles. The zero-order valence-corrected chi connectivity index (χ0v) is 11.3. The van der Waals surface area contributed by atoms with Gasteiger partial charge in [-0.1, -0.05) is 19.3 Å². The Bertz CT molecular complexity index is 432. The van der Waals surface area contributed by atoms with Gasteiger partial charge in [-0.2, -0.15) is 0 Å². The maximum atomic E-state index is 11.3. The normalized spacial score (nSPS) is 22.9. The van der Waals surface area contributed by atoms with Crippen LogP contribution in [0.3, 0.4) is 0 Å². The van der Waals surface area contributed by atoms with Crippen LogP contribution in [0.2, 0.25) is 0 Å². The Hall–Kier alpha value is -1.98. The minimum atomic E-state index is -0.148. The molecular formula is C14H18N2O4. The smallest absolute Gasteiger partial charge is 0.253 e. The van der Waals surface area contributed by atoms with E-state index in [4.69, 9.17) is 0 Å². The van der Waals surface area contributed by atoms with Crippen LogP contribution in [-0.4, -0.2) is 34.6 Å². The standard InChI is InChI=1S/C10H13NO2.C4H5NO2/c12-9-6-7-10(13)11(9)8-4-2-1-3-5-8;6-3-1-2-4(7)5-3/h6-8H,1-5H2;1-2H2,(H,5,6,7). The van der Waals surface area contributed by atoms with Crippen molar-refractivity contribution < 1.29 is 19.2 Å². The van der Waals surface area contributed by atoms with Gasteiger partial charge in [0, 0.05) is 31.0 Å². The molecule has 3 rings (SSSR count). The fourth-order valence-electron chi connectivity index (χ4n) is 2.62. The van der Waals surface area contributed by atoms with E-state index in [1.165, 1.54) is 23.5 Å². The largest absolute Gasteiger partial charge is 0.296 e. The second-order valence-corrected chi connectivity index (χ2v) is 5.14. The maximum Gasteiger partial charge on any atom is 0.253 e. The summed E-state index contributed by atoms with van der Waals surface area (Å²) in [4.78, 5) is 44.3. The molecule has 0 spiro atoms. The van der Waals surface area contributed by atoms with Gasteiger partial charge in [0.1, 0.15) is 0 Å². The Kier molecular flexibility index (Phi) is 4.65. The highest BCUT2D eigenvalue weighted by Crippen LogP contribution is 2.24. The molecule has 3 aliphatic rings.